The smallest absolute Gasteiger partial charge is 0.145 e. The Morgan fingerprint density at radius 1 is 0.345 bits per heavy atom. The topological polar surface area (TPSA) is 381 Å². The summed E-state index contributed by atoms with van der Waals surface area (Å²) in [5.74, 6) is 0. The zero-order valence-corrected chi connectivity index (χ0v) is 80.0. The number of halogens is 6. The van der Waals surface area contributed by atoms with Crippen LogP contribution in [0.3, 0.4) is 0 Å². The van der Waals surface area contributed by atoms with Gasteiger partial charge < -0.3 is 84.6 Å². The Hall–Kier alpha value is -7.72. The second-order valence-electron chi connectivity index (χ2n) is 27.4. The fourth-order valence-electron chi connectivity index (χ4n) is 9.15. The number of nitrogen functional groups attached to an aromatic ring is 6. The van der Waals surface area contributed by atoms with Gasteiger partial charge in [-0.05, 0) is 298 Å². The van der Waals surface area contributed by atoms with Gasteiger partial charge in [-0.1, -0.05) is 173 Å². The standard InChI is InChI=1S/C12H18N2O.C11H19BrN2O.C11H15ClN2O.C11H15IN2O.C11H16N2O.C10H17BrN2O.C10H13ClN2O.C10H13IN2O/c1-4-10(3)14-15-8-11-9(2)6-5-7-12(11)13;3*1-3-8(2)14-15-7-9-10(12)5-4-6-11(9)13;1-8(2)13-14-7-10-9(3)5-4-6-11(10)12;3*1-7(2)13-14-6-8-9(11)4-3-5-10(8)12/h5-7H,4,8,13H2,1-3H3;11H,3-7,13H2,1-2H3;2*4-6H,3,7,13H2,1-2H3;4-6H,7,12H2,1-3H3;10H,3-6,12H2,1-2H3;2*3-5H,6,12H2,1-2H3. The Morgan fingerprint density at radius 3 is 0.819 bits per heavy atom. The maximum absolute atomic E-state index is 6.00. The van der Waals surface area contributed by atoms with E-state index in [-0.39, 0.29) is 12.1 Å². The molecule has 0 bridgehead atoms. The molecule has 2 aliphatic carbocycles. The van der Waals surface area contributed by atoms with Gasteiger partial charge in [-0.15, -0.1) is 0 Å². The lowest BCUT2D eigenvalue weighted by Gasteiger charge is -2.22. The maximum Gasteiger partial charge on any atom is 0.145 e. The molecule has 0 aromatic heterocycles. The van der Waals surface area contributed by atoms with Crippen molar-refractivity contribution in [2.75, 3.05) is 47.6 Å². The lowest BCUT2D eigenvalue weighted by atomic mass is 9.95. The number of anilines is 6. The Bertz CT molecular complexity index is 3800. The van der Waals surface area contributed by atoms with E-state index >= 15 is 0 Å². The average Bonchev–Trinajstić information content (AvgIpc) is 0.970. The van der Waals surface area contributed by atoms with E-state index in [9.17, 15) is 0 Å². The highest BCUT2D eigenvalue weighted by atomic mass is 127. The van der Waals surface area contributed by atoms with Crippen LogP contribution in [0, 0.1) is 21.0 Å². The molecule has 8 rings (SSSR count). The van der Waals surface area contributed by atoms with Crippen LogP contribution in [0.25, 0.3) is 0 Å². The van der Waals surface area contributed by atoms with Crippen molar-refractivity contribution in [3.63, 3.8) is 0 Å². The van der Waals surface area contributed by atoms with Crippen molar-refractivity contribution < 1.29 is 38.7 Å². The van der Waals surface area contributed by atoms with Crippen molar-refractivity contribution in [1.82, 2.24) is 0 Å². The van der Waals surface area contributed by atoms with Crippen LogP contribution < -0.4 is 45.9 Å². The molecule has 0 saturated heterocycles. The van der Waals surface area contributed by atoms with Gasteiger partial charge in [0.25, 0.3) is 0 Å². The molecular formula is C86H126Br2Cl2I2N16O8. The van der Waals surface area contributed by atoms with E-state index < -0.39 is 0 Å². The summed E-state index contributed by atoms with van der Waals surface area (Å²) in [6.07, 6.45) is 10.1. The number of nitrogens with two attached hydrogens (primary N) is 8. The summed E-state index contributed by atoms with van der Waals surface area (Å²) < 4.78 is 4.61. The third kappa shape index (κ3) is 45.9. The highest BCUT2D eigenvalue weighted by Crippen LogP contribution is 2.31. The Balaban J connectivity index is 0.000000663. The van der Waals surface area contributed by atoms with Crippen molar-refractivity contribution >= 4 is 180 Å². The number of aryl methyl sites for hydroxylation is 2. The number of rotatable bonds is 28. The van der Waals surface area contributed by atoms with Crippen LogP contribution in [0.15, 0.2) is 171 Å². The van der Waals surface area contributed by atoms with Crippen molar-refractivity contribution in [3.8, 4) is 0 Å². The number of benzene rings is 6. The first-order valence-electron chi connectivity index (χ1n) is 38.2. The summed E-state index contributed by atoms with van der Waals surface area (Å²) >= 11 is 23.5. The number of hydrogen-bond acceptors (Lipinski definition) is 24. The van der Waals surface area contributed by atoms with Gasteiger partial charge in [-0.25, -0.2) is 0 Å². The summed E-state index contributed by atoms with van der Waals surface area (Å²) in [6, 6.07) is 34.3. The molecule has 116 heavy (non-hydrogen) atoms. The normalized spacial score (nSPS) is 13.6. The SMILES string of the molecule is CC(C)=NOCC1=C(Br)CCCC1N.CC(C)=NOCc1c(C)cccc1N.CC(C)=NOCc1c(N)cccc1Cl.CC(C)=NOCc1c(N)cccc1I.CCC(C)=NOCC1=C(Br)CCCC1N.CCC(C)=NOCc1c(C)cccc1N.CCC(C)=NOCc1c(N)cccc1Cl.CCC(C)=NOCc1c(N)cccc1I. The first-order valence-corrected chi connectivity index (χ1v) is 42.7. The zero-order chi connectivity index (χ0) is 87.2. The van der Waals surface area contributed by atoms with E-state index in [0.29, 0.717) is 74.3 Å². The van der Waals surface area contributed by atoms with E-state index in [0.717, 1.165) is 195 Å². The lowest BCUT2D eigenvalue weighted by molar-refractivity contribution is 0.130. The summed E-state index contributed by atoms with van der Waals surface area (Å²) in [4.78, 5) is 41.5. The molecule has 0 fully saturated rings. The van der Waals surface area contributed by atoms with Gasteiger partial charge in [-0.2, -0.15) is 0 Å². The van der Waals surface area contributed by atoms with Gasteiger partial charge in [-0.3, -0.25) is 0 Å². The molecular weight excluding hydrogens is 1870 g/mol. The Labute approximate surface area is 744 Å². The number of allylic oxidation sites excluding steroid dienone is 2. The minimum atomic E-state index is 0.130. The molecule has 2 unspecified atom stereocenters. The van der Waals surface area contributed by atoms with Crippen LogP contribution in [0.1, 0.15) is 219 Å². The third-order valence-corrected chi connectivity index (χ3v) is 21.1. The number of nitrogens with zero attached hydrogens (tertiary/aromatic N) is 8. The molecule has 24 nitrogen and oxygen atoms in total. The minimum absolute atomic E-state index is 0.130. The predicted molar refractivity (Wildman–Crippen MR) is 515 cm³/mol. The summed E-state index contributed by atoms with van der Waals surface area (Å²) in [6.45, 7) is 38.4. The largest absolute Gasteiger partial charge is 0.398 e. The van der Waals surface area contributed by atoms with Crippen molar-refractivity contribution in [1.29, 1.82) is 0 Å². The van der Waals surface area contributed by atoms with Gasteiger partial charge in [0.15, 0.2) is 0 Å². The molecule has 640 valence electrons. The second kappa shape index (κ2) is 61.6. The van der Waals surface area contributed by atoms with Crippen molar-refractivity contribution in [2.24, 2.45) is 52.7 Å². The number of oxime groups is 8. The molecule has 0 aliphatic heterocycles. The van der Waals surface area contributed by atoms with E-state index in [2.05, 4.69) is 125 Å². The first-order chi connectivity index (χ1) is 55.0. The van der Waals surface area contributed by atoms with Crippen LogP contribution in [0.4, 0.5) is 34.1 Å². The first kappa shape index (κ1) is 106. The molecule has 0 amide bonds. The molecule has 16 N–H and O–H groups in total. The number of hydrogen-bond donors (Lipinski definition) is 8. The van der Waals surface area contributed by atoms with Gasteiger partial charge in [0.2, 0.25) is 0 Å². The molecule has 0 heterocycles. The molecule has 30 heteroatoms. The molecule has 0 radical (unpaired) electrons. The Morgan fingerprint density at radius 2 is 0.569 bits per heavy atom. The van der Waals surface area contributed by atoms with E-state index in [1.807, 2.05) is 197 Å². The van der Waals surface area contributed by atoms with E-state index in [1.165, 1.54) is 8.96 Å². The highest BCUT2D eigenvalue weighted by Gasteiger charge is 2.21. The molecule has 0 spiro atoms. The van der Waals surface area contributed by atoms with Crippen molar-refractivity contribution in [2.45, 2.75) is 241 Å². The third-order valence-electron chi connectivity index (χ3n) is 16.5. The lowest BCUT2D eigenvalue weighted by Crippen LogP contribution is -2.28. The molecule has 2 aliphatic rings. The van der Waals surface area contributed by atoms with Gasteiger partial charge in [0.05, 0.1) is 45.7 Å². The van der Waals surface area contributed by atoms with Crippen LogP contribution in [-0.2, 0) is 78.3 Å². The van der Waals surface area contributed by atoms with Crippen LogP contribution in [0.5, 0.6) is 0 Å². The second-order valence-corrected chi connectivity index (χ2v) is 32.5. The van der Waals surface area contributed by atoms with Gasteiger partial charge in [0, 0.05) is 96.8 Å². The summed E-state index contributed by atoms with van der Waals surface area (Å²) in [5, 5.41) is 32.5. The molecule has 0 saturated carbocycles. The van der Waals surface area contributed by atoms with Crippen LogP contribution in [-0.4, -0.2) is 71.0 Å². The fraction of sp³-hybridized carbons (Fsp3) is 0.442. The fourth-order valence-corrected chi connectivity index (χ4v) is 12.4. The van der Waals surface area contributed by atoms with E-state index in [4.69, 9.17) is 108 Å². The van der Waals surface area contributed by atoms with E-state index in [1.54, 1.807) is 30.3 Å². The summed E-state index contributed by atoms with van der Waals surface area (Å²) in [7, 11) is 0. The van der Waals surface area contributed by atoms with Crippen molar-refractivity contribution in [3.05, 3.63) is 191 Å². The van der Waals surface area contributed by atoms with Gasteiger partial charge in [0.1, 0.15) is 52.9 Å². The van der Waals surface area contributed by atoms with Crippen LogP contribution in [0.2, 0.25) is 10.0 Å². The predicted octanol–water partition coefficient (Wildman–Crippen LogP) is 22.9. The monoisotopic (exact) mass is 1990 g/mol. The highest BCUT2D eigenvalue weighted by molar-refractivity contribution is 14.1. The zero-order valence-electron chi connectivity index (χ0n) is 71.0. The summed E-state index contributed by atoms with van der Waals surface area (Å²) in [5.41, 5.74) is 68.7. The molecule has 2 atom stereocenters. The Kier molecular flexibility index (Phi) is 56.4. The van der Waals surface area contributed by atoms with Crippen LogP contribution >= 0.6 is 100 Å². The maximum atomic E-state index is 6.00. The van der Waals surface area contributed by atoms with Gasteiger partial charge >= 0.3 is 0 Å². The minimum Gasteiger partial charge on any atom is -0.398 e. The molecule has 6 aromatic carbocycles. The quantitative estimate of drug-likeness (QED) is 0.00979. The molecule has 6 aromatic rings. The average molecular weight is 2000 g/mol.